The molecule has 0 saturated carbocycles. The Hall–Kier alpha value is -2.42. The quantitative estimate of drug-likeness (QED) is 0.378. The Morgan fingerprint density at radius 3 is 2.39 bits per heavy atom. The number of amides is 1. The molecule has 1 aromatic rings. The Labute approximate surface area is 218 Å². The number of unbranched alkanes of at least 4 members (excludes halogenated alkanes) is 1. The number of ether oxygens (including phenoxy) is 2. The Morgan fingerprint density at radius 2 is 1.81 bits per heavy atom. The van der Waals surface area contributed by atoms with E-state index in [2.05, 4.69) is 17.2 Å². The third-order valence-corrected chi connectivity index (χ3v) is 9.34. The molecule has 9 nitrogen and oxygen atoms in total. The second kappa shape index (κ2) is 11.8. The Balaban J connectivity index is 1.90. The summed E-state index contributed by atoms with van der Waals surface area (Å²) < 4.78 is 37.7. The van der Waals surface area contributed by atoms with E-state index in [0.29, 0.717) is 30.9 Å². The van der Waals surface area contributed by atoms with Crippen LogP contribution in [0.15, 0.2) is 29.2 Å². The van der Waals surface area contributed by atoms with Gasteiger partial charge in [0.15, 0.2) is 0 Å². The second-order valence-electron chi connectivity index (χ2n) is 9.96. The number of nitrogens with zero attached hydrogens (tertiary/aromatic N) is 1. The minimum Gasteiger partial charge on any atom is -0.481 e. The summed E-state index contributed by atoms with van der Waals surface area (Å²) >= 11 is 1.45. The van der Waals surface area contributed by atoms with Crippen LogP contribution < -0.4 is 10.1 Å². The first-order valence-electron chi connectivity index (χ1n) is 11.7. The van der Waals surface area contributed by atoms with Crippen LogP contribution in [0.3, 0.4) is 0 Å². The van der Waals surface area contributed by atoms with Crippen LogP contribution in [-0.2, 0) is 19.6 Å². The molecular formula is C25H36N2O7S2. The molecular weight excluding hydrogens is 504 g/mol. The van der Waals surface area contributed by atoms with Crippen LogP contribution in [0, 0.1) is 11.8 Å². The molecule has 1 aliphatic heterocycles. The van der Waals surface area contributed by atoms with E-state index in [0.717, 1.165) is 4.31 Å². The third kappa shape index (κ3) is 7.31. The molecule has 1 heterocycles. The van der Waals surface area contributed by atoms with Crippen LogP contribution in [0.2, 0.25) is 0 Å². The van der Waals surface area contributed by atoms with Gasteiger partial charge in [0, 0.05) is 30.0 Å². The zero-order valence-electron chi connectivity index (χ0n) is 21.7. The monoisotopic (exact) mass is 540 g/mol. The maximum Gasteiger partial charge on any atom is 0.407 e. The number of sulfonamides is 1. The van der Waals surface area contributed by atoms with Crippen molar-refractivity contribution in [3.63, 3.8) is 0 Å². The van der Waals surface area contributed by atoms with Gasteiger partial charge in [-0.3, -0.25) is 4.79 Å². The van der Waals surface area contributed by atoms with Crippen molar-refractivity contribution in [3.05, 3.63) is 24.3 Å². The molecule has 200 valence electrons. The normalized spacial score (nSPS) is 20.1. The molecule has 1 unspecified atom stereocenters. The van der Waals surface area contributed by atoms with Crippen molar-refractivity contribution in [1.29, 1.82) is 0 Å². The Morgan fingerprint density at radius 1 is 1.17 bits per heavy atom. The van der Waals surface area contributed by atoms with E-state index in [-0.39, 0.29) is 18.0 Å². The van der Waals surface area contributed by atoms with E-state index < -0.39 is 38.0 Å². The number of carboxylic acid groups (broad SMARTS) is 1. The second-order valence-corrected chi connectivity index (χ2v) is 13.5. The summed E-state index contributed by atoms with van der Waals surface area (Å²) in [5.41, 5.74) is -2.13. The molecule has 0 bridgehead atoms. The van der Waals surface area contributed by atoms with Crippen molar-refractivity contribution in [2.75, 3.05) is 25.4 Å². The van der Waals surface area contributed by atoms with Gasteiger partial charge in [0.05, 0.1) is 4.90 Å². The largest absolute Gasteiger partial charge is 0.481 e. The van der Waals surface area contributed by atoms with Crippen molar-refractivity contribution < 1.29 is 32.6 Å². The third-order valence-electron chi connectivity index (χ3n) is 5.84. The molecule has 1 aliphatic rings. The van der Waals surface area contributed by atoms with Crippen LogP contribution in [0.4, 0.5) is 4.79 Å². The number of carboxylic acids is 1. The predicted octanol–water partition coefficient (Wildman–Crippen LogP) is 3.73. The molecule has 36 heavy (non-hydrogen) atoms. The first-order chi connectivity index (χ1) is 16.6. The average molecular weight is 541 g/mol. The summed E-state index contributed by atoms with van der Waals surface area (Å²) in [5.74, 6) is 5.61. The lowest BCUT2D eigenvalue weighted by atomic mass is 9.87. The molecule has 2 N–H and O–H groups in total. The average Bonchev–Trinajstić information content (AvgIpc) is 2.76. The maximum absolute atomic E-state index is 13.4. The Bertz CT molecular complexity index is 1100. The molecule has 1 saturated heterocycles. The SMILES string of the molecule is CC(C)(C)OC(=O)NCCCC#CCOc1ccc(S(=O)(=O)N2CCSC(C)(C)C2(C)C(=O)O)cc1. The van der Waals surface area contributed by atoms with Gasteiger partial charge in [0.25, 0.3) is 0 Å². The van der Waals surface area contributed by atoms with Crippen molar-refractivity contribution >= 4 is 33.8 Å². The number of carbonyl (C=O) groups excluding carboxylic acids is 1. The van der Waals surface area contributed by atoms with Gasteiger partial charge < -0.3 is 19.9 Å². The molecule has 0 aromatic heterocycles. The summed E-state index contributed by atoms with van der Waals surface area (Å²) in [6.45, 7) is 11.1. The van der Waals surface area contributed by atoms with Gasteiger partial charge >= 0.3 is 12.1 Å². The number of benzene rings is 1. The zero-order valence-corrected chi connectivity index (χ0v) is 23.3. The lowest BCUT2D eigenvalue weighted by Gasteiger charge is -2.50. The highest BCUT2D eigenvalue weighted by molar-refractivity contribution is 8.01. The fourth-order valence-electron chi connectivity index (χ4n) is 3.55. The van der Waals surface area contributed by atoms with Crippen LogP contribution in [-0.4, -0.2) is 71.2 Å². The standard InChI is InChI=1S/C25H36N2O7S2/c1-23(2,3)34-22(30)26-15-9-7-8-10-17-33-19-11-13-20(14-12-19)36(31,32)27-16-18-35-24(4,5)25(27,6)21(28)29/h11-14H,7,9,15-18H2,1-6H3,(H,26,30)(H,28,29). The van der Waals surface area contributed by atoms with Gasteiger partial charge in [0.1, 0.15) is 23.5 Å². The van der Waals surface area contributed by atoms with E-state index in [1.165, 1.54) is 43.0 Å². The van der Waals surface area contributed by atoms with E-state index >= 15 is 0 Å². The summed E-state index contributed by atoms with van der Waals surface area (Å²) in [6.07, 6.45) is 0.781. The number of thioether (sulfide) groups is 1. The minimum absolute atomic E-state index is 0.00796. The number of hydrogen-bond acceptors (Lipinski definition) is 7. The van der Waals surface area contributed by atoms with Gasteiger partial charge in [0.2, 0.25) is 10.0 Å². The lowest BCUT2D eigenvalue weighted by Crippen LogP contribution is -2.67. The highest BCUT2D eigenvalue weighted by Crippen LogP contribution is 2.45. The zero-order chi connectivity index (χ0) is 27.2. The van der Waals surface area contributed by atoms with E-state index in [4.69, 9.17) is 9.47 Å². The fourth-order valence-corrected chi connectivity index (χ4v) is 6.84. The number of nitrogens with one attached hydrogen (secondary N) is 1. The minimum atomic E-state index is -4.04. The lowest BCUT2D eigenvalue weighted by molar-refractivity contribution is -0.149. The van der Waals surface area contributed by atoms with Gasteiger partial charge in [-0.05, 0) is 72.2 Å². The van der Waals surface area contributed by atoms with Crippen molar-refractivity contribution in [2.45, 2.75) is 75.2 Å². The number of hydrogen-bond donors (Lipinski definition) is 2. The van der Waals surface area contributed by atoms with Crippen molar-refractivity contribution in [1.82, 2.24) is 9.62 Å². The molecule has 1 amide bonds. The first-order valence-corrected chi connectivity index (χ1v) is 14.1. The van der Waals surface area contributed by atoms with Crippen molar-refractivity contribution in [2.24, 2.45) is 0 Å². The van der Waals surface area contributed by atoms with Crippen LogP contribution in [0.1, 0.15) is 54.4 Å². The van der Waals surface area contributed by atoms with Crippen molar-refractivity contribution in [3.8, 4) is 17.6 Å². The first kappa shape index (κ1) is 29.8. The van der Waals surface area contributed by atoms with Crippen LogP contribution in [0.5, 0.6) is 5.75 Å². The molecule has 1 fully saturated rings. The number of carbonyl (C=O) groups is 2. The number of rotatable bonds is 8. The molecule has 0 aliphatic carbocycles. The smallest absolute Gasteiger partial charge is 0.407 e. The Kier molecular flexibility index (Phi) is 9.73. The molecule has 0 spiro atoms. The van der Waals surface area contributed by atoms with Gasteiger partial charge in [-0.1, -0.05) is 11.8 Å². The maximum atomic E-state index is 13.4. The van der Waals surface area contributed by atoms with E-state index in [1.807, 2.05) is 0 Å². The molecule has 11 heteroatoms. The van der Waals surface area contributed by atoms with Gasteiger partial charge in [-0.2, -0.15) is 16.1 Å². The fraction of sp³-hybridized carbons (Fsp3) is 0.600. The van der Waals surface area contributed by atoms with Gasteiger partial charge in [-0.25, -0.2) is 13.2 Å². The topological polar surface area (TPSA) is 122 Å². The van der Waals surface area contributed by atoms with Crippen LogP contribution in [0.25, 0.3) is 0 Å². The number of aliphatic carboxylic acids is 1. The summed E-state index contributed by atoms with van der Waals surface area (Å²) in [4.78, 5) is 23.7. The van der Waals surface area contributed by atoms with Gasteiger partial charge in [-0.15, -0.1) is 0 Å². The summed E-state index contributed by atoms with van der Waals surface area (Å²) in [7, 11) is -4.04. The van der Waals surface area contributed by atoms with E-state index in [9.17, 15) is 23.1 Å². The molecule has 0 radical (unpaired) electrons. The highest BCUT2D eigenvalue weighted by Gasteiger charge is 2.58. The predicted molar refractivity (Wildman–Crippen MR) is 140 cm³/mol. The highest BCUT2D eigenvalue weighted by atomic mass is 32.2. The van der Waals surface area contributed by atoms with Crippen LogP contribution >= 0.6 is 11.8 Å². The summed E-state index contributed by atoms with van der Waals surface area (Å²) in [5, 5.41) is 12.6. The summed E-state index contributed by atoms with van der Waals surface area (Å²) in [6, 6.07) is 5.89. The molecule has 1 aromatic carbocycles. The van der Waals surface area contributed by atoms with E-state index in [1.54, 1.807) is 34.6 Å². The molecule has 1 atom stereocenters. The molecule has 2 rings (SSSR count). The number of alkyl carbamates (subject to hydrolysis) is 1.